The minimum absolute atomic E-state index is 0.101. The van der Waals surface area contributed by atoms with Crippen LogP contribution in [0.3, 0.4) is 0 Å². The van der Waals surface area contributed by atoms with Gasteiger partial charge in [0.1, 0.15) is 5.75 Å². The Morgan fingerprint density at radius 3 is 2.24 bits per heavy atom. The molecule has 0 spiro atoms. The molecule has 4 rings (SSSR count). The van der Waals surface area contributed by atoms with E-state index in [1.807, 2.05) is 30.3 Å². The summed E-state index contributed by atoms with van der Waals surface area (Å²) in [6.07, 6.45) is 1.77. The molecule has 0 saturated carbocycles. The summed E-state index contributed by atoms with van der Waals surface area (Å²) < 4.78 is 8.18. The van der Waals surface area contributed by atoms with Gasteiger partial charge in [-0.05, 0) is 36.1 Å². The number of hydrogen-bond acceptors (Lipinski definition) is 5. The molecule has 1 aliphatic heterocycles. The molecular weight excluding hydrogens is 386 g/mol. The maximum Gasteiger partial charge on any atom is 0.341 e. The molecule has 29 heavy (non-hydrogen) atoms. The molecular formula is C22H25N3O3S. The number of rotatable bonds is 6. The highest BCUT2D eigenvalue weighted by Crippen LogP contribution is 2.23. The van der Waals surface area contributed by atoms with Gasteiger partial charge in [0.05, 0.1) is 19.7 Å². The molecule has 0 amide bonds. The zero-order valence-electron chi connectivity index (χ0n) is 16.5. The van der Waals surface area contributed by atoms with Crippen molar-refractivity contribution in [1.29, 1.82) is 0 Å². The van der Waals surface area contributed by atoms with Gasteiger partial charge >= 0.3 is 10.6 Å². The summed E-state index contributed by atoms with van der Waals surface area (Å²) in [5, 5.41) is 0. The largest absolute Gasteiger partial charge is 0.497 e. The summed E-state index contributed by atoms with van der Waals surface area (Å²) in [5.41, 5.74) is 2.02. The van der Waals surface area contributed by atoms with E-state index in [2.05, 4.69) is 29.2 Å². The Morgan fingerprint density at radius 1 is 0.931 bits per heavy atom. The van der Waals surface area contributed by atoms with Gasteiger partial charge in [-0.3, -0.25) is 9.69 Å². The van der Waals surface area contributed by atoms with Gasteiger partial charge in [0.15, 0.2) is 0 Å². The SMILES string of the molecule is COc1ccc(Cn2c(=O)sn(C3CCN(Cc4ccccc4)CC3)c2=O)cc1. The average molecular weight is 412 g/mol. The van der Waals surface area contributed by atoms with Gasteiger partial charge in [-0.2, -0.15) is 0 Å². The summed E-state index contributed by atoms with van der Waals surface area (Å²) in [4.78, 5) is 27.6. The quantitative estimate of drug-likeness (QED) is 0.626. The summed E-state index contributed by atoms with van der Waals surface area (Å²) in [6, 6.07) is 18.0. The standard InChI is InChI=1S/C22H25N3O3S/c1-28-20-9-7-18(8-10-20)16-24-21(26)25(29-22(24)27)19-11-13-23(14-12-19)15-17-5-3-2-4-6-17/h2-10,19H,11-16H2,1H3. The van der Waals surface area contributed by atoms with Crippen molar-refractivity contribution >= 4 is 11.5 Å². The molecule has 2 aromatic carbocycles. The van der Waals surface area contributed by atoms with E-state index in [4.69, 9.17) is 4.74 Å². The number of benzene rings is 2. The van der Waals surface area contributed by atoms with Gasteiger partial charge in [-0.15, -0.1) is 0 Å². The molecule has 0 atom stereocenters. The fraction of sp³-hybridized carbons (Fsp3) is 0.364. The van der Waals surface area contributed by atoms with Crippen molar-refractivity contribution in [3.05, 3.63) is 85.9 Å². The number of hydrogen-bond donors (Lipinski definition) is 0. The van der Waals surface area contributed by atoms with E-state index in [1.165, 1.54) is 10.1 Å². The number of nitrogens with zero attached hydrogens (tertiary/aromatic N) is 3. The van der Waals surface area contributed by atoms with Gasteiger partial charge in [-0.1, -0.05) is 42.5 Å². The Hall–Kier alpha value is -2.64. The summed E-state index contributed by atoms with van der Waals surface area (Å²) >= 11 is 1.05. The third-order valence-corrected chi connectivity index (χ3v) is 6.48. The van der Waals surface area contributed by atoms with Crippen molar-refractivity contribution < 1.29 is 4.74 Å². The summed E-state index contributed by atoms with van der Waals surface area (Å²) in [6.45, 7) is 3.07. The van der Waals surface area contributed by atoms with Crippen molar-refractivity contribution in [3.63, 3.8) is 0 Å². The molecule has 0 aliphatic carbocycles. The van der Waals surface area contributed by atoms with E-state index >= 15 is 0 Å². The van der Waals surface area contributed by atoms with Crippen LogP contribution in [-0.2, 0) is 13.1 Å². The smallest absolute Gasteiger partial charge is 0.341 e. The zero-order chi connectivity index (χ0) is 20.2. The highest BCUT2D eigenvalue weighted by Gasteiger charge is 2.24. The molecule has 152 valence electrons. The van der Waals surface area contributed by atoms with Crippen LogP contribution in [0.25, 0.3) is 0 Å². The first-order chi connectivity index (χ1) is 14.1. The minimum atomic E-state index is -0.197. The molecule has 3 aromatic rings. The van der Waals surface area contributed by atoms with Crippen LogP contribution in [-0.4, -0.2) is 33.6 Å². The number of aromatic nitrogens is 2. The van der Waals surface area contributed by atoms with Crippen molar-refractivity contribution in [2.24, 2.45) is 0 Å². The third-order valence-electron chi connectivity index (χ3n) is 5.45. The van der Waals surface area contributed by atoms with Crippen molar-refractivity contribution in [1.82, 2.24) is 13.4 Å². The zero-order valence-corrected chi connectivity index (χ0v) is 17.3. The highest BCUT2D eigenvalue weighted by atomic mass is 32.1. The second kappa shape index (κ2) is 8.80. The summed E-state index contributed by atoms with van der Waals surface area (Å²) in [5.74, 6) is 0.756. The van der Waals surface area contributed by atoms with Crippen molar-refractivity contribution in [3.8, 4) is 5.75 Å². The Kier molecular flexibility index (Phi) is 5.97. The second-order valence-electron chi connectivity index (χ2n) is 7.39. The van der Waals surface area contributed by atoms with Crippen molar-refractivity contribution in [2.75, 3.05) is 20.2 Å². The minimum Gasteiger partial charge on any atom is -0.497 e. The van der Waals surface area contributed by atoms with E-state index in [0.29, 0.717) is 0 Å². The second-order valence-corrected chi connectivity index (χ2v) is 8.32. The Balaban J connectivity index is 1.42. The molecule has 1 aliphatic rings. The molecule has 7 heteroatoms. The van der Waals surface area contributed by atoms with Crippen LogP contribution in [0.5, 0.6) is 5.75 Å². The van der Waals surface area contributed by atoms with Crippen LogP contribution in [0, 0.1) is 0 Å². The van der Waals surface area contributed by atoms with E-state index in [1.54, 1.807) is 11.1 Å². The first-order valence-corrected chi connectivity index (χ1v) is 10.6. The maximum atomic E-state index is 12.9. The Morgan fingerprint density at radius 2 is 1.59 bits per heavy atom. The average Bonchev–Trinajstić information content (AvgIpc) is 3.04. The summed E-state index contributed by atoms with van der Waals surface area (Å²) in [7, 11) is 1.61. The fourth-order valence-electron chi connectivity index (χ4n) is 3.80. The van der Waals surface area contributed by atoms with Crippen molar-refractivity contribution in [2.45, 2.75) is 32.0 Å². The molecule has 2 heterocycles. The molecule has 1 saturated heterocycles. The third kappa shape index (κ3) is 4.52. The topological polar surface area (TPSA) is 56.5 Å². The van der Waals surface area contributed by atoms with Crippen LogP contribution in [0.15, 0.2) is 64.2 Å². The molecule has 0 radical (unpaired) electrons. The molecule has 1 fully saturated rings. The molecule has 1 aromatic heterocycles. The number of likely N-dealkylation sites (tertiary alicyclic amines) is 1. The lowest BCUT2D eigenvalue weighted by molar-refractivity contribution is 0.182. The molecule has 0 N–H and O–H groups in total. The predicted molar refractivity (Wildman–Crippen MR) is 115 cm³/mol. The van der Waals surface area contributed by atoms with Gasteiger partial charge in [-0.25, -0.2) is 13.3 Å². The predicted octanol–water partition coefficient (Wildman–Crippen LogP) is 2.97. The van der Waals surface area contributed by atoms with Crippen LogP contribution < -0.4 is 15.3 Å². The molecule has 6 nitrogen and oxygen atoms in total. The Labute approximate surface area is 173 Å². The van der Waals surface area contributed by atoms with Crippen LogP contribution in [0.2, 0.25) is 0 Å². The van der Waals surface area contributed by atoms with Crippen LogP contribution >= 0.6 is 11.5 Å². The number of methoxy groups -OCH3 is 1. The number of piperidine rings is 1. The fourth-order valence-corrected chi connectivity index (χ4v) is 4.75. The van der Waals surface area contributed by atoms with Crippen LogP contribution in [0.4, 0.5) is 0 Å². The lowest BCUT2D eigenvalue weighted by atomic mass is 10.0. The van der Waals surface area contributed by atoms with Gasteiger partial charge < -0.3 is 4.74 Å². The maximum absolute atomic E-state index is 12.9. The normalized spacial score (nSPS) is 15.5. The van der Waals surface area contributed by atoms with E-state index < -0.39 is 0 Å². The Bertz CT molecular complexity index is 1050. The highest BCUT2D eigenvalue weighted by molar-refractivity contribution is 7.03. The van der Waals surface area contributed by atoms with E-state index in [0.717, 1.165) is 55.3 Å². The van der Waals surface area contributed by atoms with E-state index in [-0.39, 0.29) is 23.1 Å². The molecule has 0 bridgehead atoms. The van der Waals surface area contributed by atoms with Gasteiger partial charge in [0, 0.05) is 31.2 Å². The van der Waals surface area contributed by atoms with E-state index in [9.17, 15) is 9.59 Å². The monoisotopic (exact) mass is 411 g/mol. The number of ether oxygens (including phenoxy) is 1. The molecule has 0 unspecified atom stereocenters. The van der Waals surface area contributed by atoms with Crippen LogP contribution in [0.1, 0.15) is 30.0 Å². The first-order valence-electron chi connectivity index (χ1n) is 9.86. The lowest BCUT2D eigenvalue weighted by Crippen LogP contribution is -2.37. The van der Waals surface area contributed by atoms with Gasteiger partial charge in [0.25, 0.3) is 0 Å². The first kappa shape index (κ1) is 19.7. The lowest BCUT2D eigenvalue weighted by Gasteiger charge is -2.31. The van der Waals surface area contributed by atoms with Gasteiger partial charge in [0.2, 0.25) is 0 Å².